The van der Waals surface area contributed by atoms with Crippen molar-refractivity contribution in [2.45, 2.75) is 18.7 Å². The van der Waals surface area contributed by atoms with Crippen LogP contribution in [0, 0.1) is 5.92 Å². The topological polar surface area (TPSA) is 49.9 Å². The van der Waals surface area contributed by atoms with Gasteiger partial charge in [0.2, 0.25) is 5.91 Å². The van der Waals surface area contributed by atoms with Crippen LogP contribution >= 0.6 is 22.9 Å². The lowest BCUT2D eigenvalue weighted by atomic mass is 9.95. The van der Waals surface area contributed by atoms with Crippen LogP contribution in [0.25, 0.3) is 0 Å². The second kappa shape index (κ2) is 7.30. The van der Waals surface area contributed by atoms with Crippen LogP contribution in [-0.2, 0) is 21.0 Å². The average molecular weight is 425 g/mol. The van der Waals surface area contributed by atoms with Crippen LogP contribution in [-0.4, -0.2) is 22.8 Å². The Morgan fingerprint density at radius 2 is 1.69 bits per heavy atom. The molecule has 3 atom stereocenters. The van der Waals surface area contributed by atoms with E-state index < -0.39 is 12.0 Å². The largest absolute Gasteiger partial charge is 0.275 e. The lowest BCUT2D eigenvalue weighted by molar-refractivity contribution is -0.143. The predicted octanol–water partition coefficient (Wildman–Crippen LogP) is 4.45. The van der Waals surface area contributed by atoms with Gasteiger partial charge >= 0.3 is 0 Å². The maximum Gasteiger partial charge on any atom is 0.262 e. The first-order chi connectivity index (χ1) is 14.1. The Morgan fingerprint density at radius 3 is 2.38 bits per heavy atom. The first-order valence-electron chi connectivity index (χ1n) is 9.27. The van der Waals surface area contributed by atoms with Gasteiger partial charge in [-0.1, -0.05) is 48.0 Å². The lowest BCUT2D eigenvalue weighted by Gasteiger charge is -2.27. The molecule has 2 saturated heterocycles. The van der Waals surface area contributed by atoms with Gasteiger partial charge in [-0.25, -0.2) is 5.06 Å². The molecule has 0 N–H and O–H groups in total. The van der Waals surface area contributed by atoms with E-state index in [1.165, 1.54) is 4.90 Å². The number of carbonyl (C=O) groups excluding carboxylic acids is 2. The van der Waals surface area contributed by atoms with E-state index in [9.17, 15) is 9.59 Å². The molecule has 0 unspecified atom stereocenters. The first kappa shape index (κ1) is 18.4. The average Bonchev–Trinajstić information content (AvgIpc) is 3.44. The Kier molecular flexibility index (Phi) is 4.62. The molecule has 0 saturated carbocycles. The fourth-order valence-electron chi connectivity index (χ4n) is 3.95. The molecule has 2 aliphatic rings. The van der Waals surface area contributed by atoms with E-state index in [0.29, 0.717) is 5.02 Å². The minimum atomic E-state index is -0.825. The number of anilines is 1. The van der Waals surface area contributed by atoms with Gasteiger partial charge in [-0.3, -0.25) is 19.3 Å². The van der Waals surface area contributed by atoms with Crippen LogP contribution in [0.1, 0.15) is 16.5 Å². The minimum absolute atomic E-state index is 0.196. The van der Waals surface area contributed by atoms with Crippen molar-refractivity contribution in [1.82, 2.24) is 4.90 Å². The smallest absolute Gasteiger partial charge is 0.262 e. The number of imide groups is 1. The number of hydrogen-bond donors (Lipinski definition) is 0. The number of fused-ring (bicyclic) bond motifs is 1. The number of thiophene rings is 1. The highest BCUT2D eigenvalue weighted by Crippen LogP contribution is 2.48. The molecular formula is C22H17ClN2O3S. The zero-order chi connectivity index (χ0) is 20.0. The number of halogens is 1. The molecule has 5 nitrogen and oxygen atoms in total. The molecule has 0 aliphatic carbocycles. The van der Waals surface area contributed by atoms with Gasteiger partial charge in [-0.05, 0) is 41.3 Å². The van der Waals surface area contributed by atoms with E-state index in [1.54, 1.807) is 28.5 Å². The number of carbonyl (C=O) groups is 2. The number of amides is 2. The minimum Gasteiger partial charge on any atom is -0.275 e. The van der Waals surface area contributed by atoms with E-state index in [4.69, 9.17) is 16.4 Å². The van der Waals surface area contributed by atoms with Crippen LogP contribution in [0.4, 0.5) is 5.69 Å². The highest BCUT2D eigenvalue weighted by atomic mass is 35.5. The number of likely N-dealkylation sites (tertiary alicyclic amines) is 1. The van der Waals surface area contributed by atoms with Crippen molar-refractivity contribution < 1.29 is 14.4 Å². The molecule has 1 aromatic heterocycles. The van der Waals surface area contributed by atoms with E-state index in [0.717, 1.165) is 16.1 Å². The molecule has 2 aromatic carbocycles. The summed E-state index contributed by atoms with van der Waals surface area (Å²) in [5, 5.41) is 4.26. The highest BCUT2D eigenvalue weighted by Gasteiger charge is 2.60. The molecule has 3 aromatic rings. The molecule has 0 radical (unpaired) electrons. The zero-order valence-electron chi connectivity index (χ0n) is 15.3. The number of hydrogen-bond acceptors (Lipinski definition) is 5. The summed E-state index contributed by atoms with van der Waals surface area (Å²) in [7, 11) is 0. The maximum absolute atomic E-state index is 13.3. The van der Waals surface area contributed by atoms with E-state index in [2.05, 4.69) is 0 Å². The molecule has 3 heterocycles. The van der Waals surface area contributed by atoms with Gasteiger partial charge in [0.05, 0.1) is 12.2 Å². The van der Waals surface area contributed by atoms with E-state index in [-0.39, 0.29) is 24.4 Å². The molecule has 146 valence electrons. The Labute approximate surface area is 177 Å². The molecule has 2 amide bonds. The number of rotatable bonds is 4. The van der Waals surface area contributed by atoms with E-state index >= 15 is 0 Å². The van der Waals surface area contributed by atoms with Crippen molar-refractivity contribution in [3.8, 4) is 0 Å². The third-order valence-electron chi connectivity index (χ3n) is 5.31. The molecule has 0 spiro atoms. The molecule has 5 rings (SSSR count). The molecule has 0 bridgehead atoms. The standard InChI is InChI=1S/C22H17ClN2O3S/c23-15-8-10-16(11-9-15)25-19(17-7-4-12-29-17)18-20(28-25)22(27)24(21(18)26)13-14-5-2-1-3-6-14/h1-12,18-20H,13H2/t18-,19-,20+/m1/s1. The fourth-order valence-corrected chi connectivity index (χ4v) is 4.93. The molecule has 7 heteroatoms. The third-order valence-corrected chi connectivity index (χ3v) is 6.50. The quantitative estimate of drug-likeness (QED) is 0.581. The molecule has 29 heavy (non-hydrogen) atoms. The molecular weight excluding hydrogens is 408 g/mol. The van der Waals surface area contributed by atoms with Gasteiger partial charge < -0.3 is 0 Å². The normalized spacial score (nSPS) is 23.7. The van der Waals surface area contributed by atoms with Crippen molar-refractivity contribution in [2.75, 3.05) is 5.06 Å². The van der Waals surface area contributed by atoms with Crippen LogP contribution in [0.2, 0.25) is 5.02 Å². The maximum atomic E-state index is 13.3. The SMILES string of the molecule is O=C1[C@H]2[C@H](ON(c3ccc(Cl)cc3)[C@@H]2c2cccs2)C(=O)N1Cc1ccccc1. The van der Waals surface area contributed by atoms with Crippen molar-refractivity contribution in [3.05, 3.63) is 87.6 Å². The Morgan fingerprint density at radius 1 is 0.931 bits per heavy atom. The monoisotopic (exact) mass is 424 g/mol. The summed E-state index contributed by atoms with van der Waals surface area (Å²) in [6.45, 7) is 0.257. The number of benzene rings is 2. The Bertz CT molecular complexity index is 1040. The van der Waals surface area contributed by atoms with Crippen molar-refractivity contribution in [1.29, 1.82) is 0 Å². The summed E-state index contributed by atoms with van der Waals surface area (Å²) in [5.74, 6) is -1.07. The predicted molar refractivity (Wildman–Crippen MR) is 111 cm³/mol. The summed E-state index contributed by atoms with van der Waals surface area (Å²) < 4.78 is 0. The Hall–Kier alpha value is -2.67. The van der Waals surface area contributed by atoms with Gasteiger partial charge in [0, 0.05) is 9.90 Å². The van der Waals surface area contributed by atoms with Crippen LogP contribution in [0.15, 0.2) is 72.1 Å². The fraction of sp³-hybridized carbons (Fsp3) is 0.182. The van der Waals surface area contributed by atoms with Crippen LogP contribution < -0.4 is 5.06 Å². The van der Waals surface area contributed by atoms with Crippen LogP contribution in [0.3, 0.4) is 0 Å². The van der Waals surface area contributed by atoms with E-state index in [1.807, 2.05) is 60.0 Å². The molecule has 2 fully saturated rings. The van der Waals surface area contributed by atoms with Gasteiger partial charge in [0.15, 0.2) is 6.10 Å². The van der Waals surface area contributed by atoms with Crippen molar-refractivity contribution in [2.24, 2.45) is 5.92 Å². The van der Waals surface area contributed by atoms with Crippen molar-refractivity contribution >= 4 is 40.4 Å². The van der Waals surface area contributed by atoms with Crippen LogP contribution in [0.5, 0.6) is 0 Å². The van der Waals surface area contributed by atoms with Crippen molar-refractivity contribution in [3.63, 3.8) is 0 Å². The number of hydroxylamine groups is 1. The van der Waals surface area contributed by atoms with Gasteiger partial charge in [-0.2, -0.15) is 0 Å². The summed E-state index contributed by atoms with van der Waals surface area (Å²) in [4.78, 5) is 34.8. The summed E-state index contributed by atoms with van der Waals surface area (Å²) in [5.41, 5.74) is 1.67. The van der Waals surface area contributed by atoms with Gasteiger partial charge in [0.25, 0.3) is 5.91 Å². The van der Waals surface area contributed by atoms with Gasteiger partial charge in [-0.15, -0.1) is 11.3 Å². The second-order valence-electron chi connectivity index (χ2n) is 7.06. The Balaban J connectivity index is 1.50. The summed E-state index contributed by atoms with van der Waals surface area (Å²) in [6.07, 6.45) is -0.825. The highest BCUT2D eigenvalue weighted by molar-refractivity contribution is 7.10. The zero-order valence-corrected chi connectivity index (χ0v) is 16.8. The molecule has 2 aliphatic heterocycles. The lowest BCUT2D eigenvalue weighted by Crippen LogP contribution is -2.36. The number of nitrogens with zero attached hydrogens (tertiary/aromatic N) is 2. The second-order valence-corrected chi connectivity index (χ2v) is 8.48. The first-order valence-corrected chi connectivity index (χ1v) is 10.5. The summed E-state index contributed by atoms with van der Waals surface area (Å²) in [6, 6.07) is 20.3. The summed E-state index contributed by atoms with van der Waals surface area (Å²) >= 11 is 7.57. The third kappa shape index (κ3) is 3.13. The van der Waals surface area contributed by atoms with Gasteiger partial charge in [0.1, 0.15) is 12.0 Å².